The summed E-state index contributed by atoms with van der Waals surface area (Å²) in [5, 5.41) is 10.3. The number of ketones is 1. The minimum absolute atomic E-state index is 0.130. The van der Waals surface area contributed by atoms with E-state index in [1.54, 1.807) is 25.2 Å². The highest BCUT2D eigenvalue weighted by Gasteiger charge is 2.14. The van der Waals surface area contributed by atoms with Gasteiger partial charge in [0, 0.05) is 6.42 Å². The zero-order valence-electron chi connectivity index (χ0n) is 14.6. The SMILES string of the molecule is C=CC(C)=CC=CC(C)(O)CCC=C(C)CC(=O)C=C(C)C. The molecular weight excluding hydrogens is 272 g/mol. The number of aliphatic hydroxyl groups is 1. The van der Waals surface area contributed by atoms with Crippen molar-refractivity contribution in [2.45, 2.75) is 59.5 Å². The highest BCUT2D eigenvalue weighted by atomic mass is 16.3. The zero-order valence-corrected chi connectivity index (χ0v) is 14.6. The van der Waals surface area contributed by atoms with Crippen LogP contribution >= 0.6 is 0 Å². The minimum Gasteiger partial charge on any atom is -0.386 e. The van der Waals surface area contributed by atoms with Gasteiger partial charge in [0.05, 0.1) is 5.60 Å². The molecule has 0 spiro atoms. The van der Waals surface area contributed by atoms with Gasteiger partial charge in [0.25, 0.3) is 0 Å². The summed E-state index contributed by atoms with van der Waals surface area (Å²) in [4.78, 5) is 11.7. The molecule has 0 saturated carbocycles. The van der Waals surface area contributed by atoms with E-state index in [9.17, 15) is 9.90 Å². The van der Waals surface area contributed by atoms with Crippen molar-refractivity contribution in [1.29, 1.82) is 0 Å². The van der Waals surface area contributed by atoms with E-state index in [0.29, 0.717) is 12.8 Å². The standard InChI is InChI=1S/C20H30O2/c1-7-17(4)10-8-12-20(6,22)13-9-11-18(5)15-19(21)14-16(2)3/h7-8,10-12,14,22H,1,9,13,15H2,2-6H3. The number of carbonyl (C=O) groups excluding carboxylic acids is 1. The molecule has 1 unspecified atom stereocenters. The van der Waals surface area contributed by atoms with Crippen LogP contribution in [0.3, 0.4) is 0 Å². The molecule has 0 amide bonds. The monoisotopic (exact) mass is 302 g/mol. The first-order valence-electron chi connectivity index (χ1n) is 7.70. The third-order valence-corrected chi connectivity index (χ3v) is 3.18. The zero-order chi connectivity index (χ0) is 17.2. The third-order valence-electron chi connectivity index (χ3n) is 3.18. The lowest BCUT2D eigenvalue weighted by Crippen LogP contribution is -2.19. The van der Waals surface area contributed by atoms with Crippen molar-refractivity contribution < 1.29 is 9.90 Å². The van der Waals surface area contributed by atoms with Crippen LogP contribution in [-0.4, -0.2) is 16.5 Å². The molecule has 122 valence electrons. The van der Waals surface area contributed by atoms with E-state index in [1.165, 1.54) is 0 Å². The number of rotatable bonds is 9. The van der Waals surface area contributed by atoms with Gasteiger partial charge in [-0.15, -0.1) is 0 Å². The van der Waals surface area contributed by atoms with Gasteiger partial charge in [-0.2, -0.15) is 0 Å². The fraction of sp³-hybridized carbons (Fsp3) is 0.450. The smallest absolute Gasteiger partial charge is 0.159 e. The van der Waals surface area contributed by atoms with Crippen LogP contribution in [0.2, 0.25) is 0 Å². The van der Waals surface area contributed by atoms with Crippen LogP contribution in [0.15, 0.2) is 59.8 Å². The van der Waals surface area contributed by atoms with E-state index < -0.39 is 5.60 Å². The molecule has 0 aromatic carbocycles. The van der Waals surface area contributed by atoms with Gasteiger partial charge in [-0.3, -0.25) is 4.79 Å². The van der Waals surface area contributed by atoms with Crippen LogP contribution in [0, 0.1) is 0 Å². The maximum Gasteiger partial charge on any atom is 0.159 e. The number of carbonyl (C=O) groups is 1. The van der Waals surface area contributed by atoms with E-state index in [4.69, 9.17) is 0 Å². The van der Waals surface area contributed by atoms with Gasteiger partial charge in [-0.25, -0.2) is 0 Å². The Balaban J connectivity index is 4.42. The van der Waals surface area contributed by atoms with E-state index in [2.05, 4.69) is 6.58 Å². The molecule has 0 aliphatic heterocycles. The van der Waals surface area contributed by atoms with Gasteiger partial charge in [0.15, 0.2) is 5.78 Å². The fourth-order valence-electron chi connectivity index (χ4n) is 1.89. The van der Waals surface area contributed by atoms with Crippen LogP contribution in [0.4, 0.5) is 0 Å². The molecule has 0 fully saturated rings. The molecule has 0 radical (unpaired) electrons. The van der Waals surface area contributed by atoms with Gasteiger partial charge in [-0.1, -0.05) is 53.7 Å². The van der Waals surface area contributed by atoms with Crippen LogP contribution in [0.1, 0.15) is 53.9 Å². The molecule has 0 aliphatic carbocycles. The van der Waals surface area contributed by atoms with Gasteiger partial charge in [-0.05, 0) is 53.5 Å². The van der Waals surface area contributed by atoms with E-state index in [0.717, 1.165) is 23.1 Å². The van der Waals surface area contributed by atoms with Crippen LogP contribution in [0.25, 0.3) is 0 Å². The molecule has 2 nitrogen and oxygen atoms in total. The van der Waals surface area contributed by atoms with Gasteiger partial charge < -0.3 is 5.11 Å². The highest BCUT2D eigenvalue weighted by Crippen LogP contribution is 2.16. The lowest BCUT2D eigenvalue weighted by Gasteiger charge is -2.17. The normalized spacial score (nSPS) is 15.5. The van der Waals surface area contributed by atoms with E-state index in [1.807, 2.05) is 45.9 Å². The van der Waals surface area contributed by atoms with Crippen LogP contribution in [-0.2, 0) is 4.79 Å². The summed E-state index contributed by atoms with van der Waals surface area (Å²) in [5.41, 5.74) is 2.28. The molecule has 1 N–H and O–H groups in total. The lowest BCUT2D eigenvalue weighted by molar-refractivity contribution is -0.114. The molecule has 2 heteroatoms. The summed E-state index contributed by atoms with van der Waals surface area (Å²) in [7, 11) is 0. The molecule has 0 aromatic heterocycles. The second-order valence-electron chi connectivity index (χ2n) is 6.29. The molecule has 0 aliphatic rings. The first kappa shape index (κ1) is 20.3. The quantitative estimate of drug-likeness (QED) is 0.366. The molecule has 0 rings (SSSR count). The maximum atomic E-state index is 11.7. The second-order valence-corrected chi connectivity index (χ2v) is 6.29. The Bertz CT molecular complexity index is 496. The van der Waals surface area contributed by atoms with Crippen molar-refractivity contribution >= 4 is 5.78 Å². The largest absolute Gasteiger partial charge is 0.386 e. The van der Waals surface area contributed by atoms with Gasteiger partial charge in [0.1, 0.15) is 0 Å². The molecule has 0 heterocycles. The Morgan fingerprint density at radius 2 is 1.86 bits per heavy atom. The fourth-order valence-corrected chi connectivity index (χ4v) is 1.89. The van der Waals surface area contributed by atoms with Crippen LogP contribution in [0.5, 0.6) is 0 Å². The van der Waals surface area contributed by atoms with Gasteiger partial charge in [0.2, 0.25) is 0 Å². The summed E-state index contributed by atoms with van der Waals surface area (Å²) in [6.07, 6.45) is 12.9. The summed E-state index contributed by atoms with van der Waals surface area (Å²) in [6.45, 7) is 13.2. The number of hydrogen-bond acceptors (Lipinski definition) is 2. The number of hydrogen-bond donors (Lipinski definition) is 1. The average Bonchev–Trinajstić information content (AvgIpc) is 2.36. The highest BCUT2D eigenvalue weighted by molar-refractivity contribution is 5.91. The van der Waals surface area contributed by atoms with Crippen molar-refractivity contribution in [2.24, 2.45) is 0 Å². The Morgan fingerprint density at radius 1 is 1.23 bits per heavy atom. The maximum absolute atomic E-state index is 11.7. The molecule has 1 atom stereocenters. The topological polar surface area (TPSA) is 37.3 Å². The number of allylic oxidation sites excluding steroid dienone is 8. The second kappa shape index (κ2) is 10.1. The Hall–Kier alpha value is -1.67. The molecule has 0 aromatic rings. The van der Waals surface area contributed by atoms with Crippen molar-refractivity contribution in [1.82, 2.24) is 0 Å². The predicted octanol–water partition coefficient (Wildman–Crippen LogP) is 5.08. The van der Waals surface area contributed by atoms with Crippen LogP contribution < -0.4 is 0 Å². The van der Waals surface area contributed by atoms with Crippen molar-refractivity contribution in [3.05, 3.63) is 59.8 Å². The Morgan fingerprint density at radius 3 is 2.41 bits per heavy atom. The summed E-state index contributed by atoms with van der Waals surface area (Å²) >= 11 is 0. The van der Waals surface area contributed by atoms with E-state index >= 15 is 0 Å². The Labute approximate surface area is 135 Å². The van der Waals surface area contributed by atoms with Crippen molar-refractivity contribution in [2.75, 3.05) is 0 Å². The van der Waals surface area contributed by atoms with E-state index in [-0.39, 0.29) is 5.78 Å². The van der Waals surface area contributed by atoms with Crippen molar-refractivity contribution in [3.8, 4) is 0 Å². The minimum atomic E-state index is -0.849. The third kappa shape index (κ3) is 11.0. The molecule has 0 bridgehead atoms. The average molecular weight is 302 g/mol. The summed E-state index contributed by atoms with van der Waals surface area (Å²) in [5.74, 6) is 0.130. The van der Waals surface area contributed by atoms with Gasteiger partial charge >= 0.3 is 0 Å². The Kier molecular flexibility index (Phi) is 9.35. The lowest BCUT2D eigenvalue weighted by atomic mass is 9.98. The molecule has 0 saturated heterocycles. The molecule has 22 heavy (non-hydrogen) atoms. The molecular formula is C20H30O2. The van der Waals surface area contributed by atoms with Crippen molar-refractivity contribution in [3.63, 3.8) is 0 Å². The summed E-state index contributed by atoms with van der Waals surface area (Å²) < 4.78 is 0. The first-order valence-corrected chi connectivity index (χ1v) is 7.70. The predicted molar refractivity (Wildman–Crippen MR) is 95.8 cm³/mol. The summed E-state index contributed by atoms with van der Waals surface area (Å²) in [6, 6.07) is 0. The first-order chi connectivity index (χ1) is 10.2.